The molecule has 0 saturated heterocycles. The molecule has 0 radical (unpaired) electrons. The summed E-state index contributed by atoms with van der Waals surface area (Å²) in [5, 5.41) is 0. The van der Waals surface area contributed by atoms with Gasteiger partial charge in [0.2, 0.25) is 0 Å². The second-order valence-corrected chi connectivity index (χ2v) is 2.70. The quantitative estimate of drug-likeness (QED) is 0.500. The first kappa shape index (κ1) is 5.15. The van der Waals surface area contributed by atoms with Crippen molar-refractivity contribution < 1.29 is 0 Å². The van der Waals surface area contributed by atoms with E-state index in [0.717, 1.165) is 5.92 Å². The highest BCUT2D eigenvalue weighted by atomic mass is 15.0. The lowest BCUT2D eigenvalue weighted by molar-refractivity contribution is 0.271. The van der Waals surface area contributed by atoms with E-state index >= 15 is 0 Å². The van der Waals surface area contributed by atoms with Gasteiger partial charge >= 0.3 is 0 Å². The maximum Gasteiger partial charge on any atom is 0.142 e. The Kier molecular flexibility index (Phi) is 1.11. The maximum absolute atomic E-state index is 4.21. The number of aliphatic imine (C=N–C) groups is 2. The molecule has 1 fully saturated rings. The van der Waals surface area contributed by atoms with Gasteiger partial charge in [0, 0.05) is 18.3 Å². The summed E-state index contributed by atoms with van der Waals surface area (Å²) in [4.78, 5) is 8.42. The minimum Gasteiger partial charge on any atom is -0.265 e. The molecule has 2 rings (SSSR count). The van der Waals surface area contributed by atoms with Crippen LogP contribution in [0, 0.1) is 5.92 Å². The molecule has 0 aromatic rings. The second kappa shape index (κ2) is 1.94. The summed E-state index contributed by atoms with van der Waals surface area (Å²) in [5.41, 5.74) is 0. The zero-order valence-corrected chi connectivity index (χ0v) is 5.33. The maximum atomic E-state index is 4.21. The number of rotatable bonds is 1. The molecule has 48 valence electrons. The van der Waals surface area contributed by atoms with Crippen LogP contribution in [0.15, 0.2) is 9.98 Å². The van der Waals surface area contributed by atoms with Gasteiger partial charge in [-0.05, 0) is 12.8 Å². The van der Waals surface area contributed by atoms with Crippen molar-refractivity contribution in [3.05, 3.63) is 0 Å². The Morgan fingerprint density at radius 1 is 1.11 bits per heavy atom. The van der Waals surface area contributed by atoms with Gasteiger partial charge in [-0.15, -0.1) is 0 Å². The van der Waals surface area contributed by atoms with Crippen LogP contribution < -0.4 is 0 Å². The third-order valence-corrected chi connectivity index (χ3v) is 2.12. The summed E-state index contributed by atoms with van der Waals surface area (Å²) < 4.78 is 0. The molecule has 9 heavy (non-hydrogen) atoms. The van der Waals surface area contributed by atoms with Gasteiger partial charge in [-0.1, -0.05) is 6.42 Å². The molecule has 2 nitrogen and oxygen atoms in total. The van der Waals surface area contributed by atoms with Crippen LogP contribution in [0.2, 0.25) is 0 Å². The van der Waals surface area contributed by atoms with E-state index in [2.05, 4.69) is 9.98 Å². The molecule has 0 amide bonds. The van der Waals surface area contributed by atoms with Gasteiger partial charge in [0.25, 0.3) is 0 Å². The Labute approximate surface area is 54.7 Å². The van der Waals surface area contributed by atoms with Crippen LogP contribution in [0.1, 0.15) is 19.3 Å². The molecule has 0 bridgehead atoms. The lowest BCUT2D eigenvalue weighted by Crippen LogP contribution is -2.22. The fraction of sp³-hybridized carbons (Fsp3) is 0.714. The van der Waals surface area contributed by atoms with Crippen LogP contribution >= 0.6 is 0 Å². The highest BCUT2D eigenvalue weighted by Gasteiger charge is 2.26. The first-order chi connectivity index (χ1) is 4.47. The Morgan fingerprint density at radius 2 is 1.78 bits per heavy atom. The van der Waals surface area contributed by atoms with E-state index in [-0.39, 0.29) is 0 Å². The molecule has 2 aliphatic rings. The SMILES string of the molecule is C1=NC(C2CCC2)N=C1. The van der Waals surface area contributed by atoms with E-state index < -0.39 is 0 Å². The Hall–Kier alpha value is -0.660. The monoisotopic (exact) mass is 122 g/mol. The Morgan fingerprint density at radius 3 is 2.22 bits per heavy atom. The van der Waals surface area contributed by atoms with Crippen LogP contribution in [0.3, 0.4) is 0 Å². The van der Waals surface area contributed by atoms with Gasteiger partial charge in [-0.3, -0.25) is 9.98 Å². The van der Waals surface area contributed by atoms with Crippen LogP contribution in [0.4, 0.5) is 0 Å². The number of hydrogen-bond acceptors (Lipinski definition) is 2. The second-order valence-electron chi connectivity index (χ2n) is 2.70. The molecule has 1 aliphatic carbocycles. The molecule has 2 heteroatoms. The normalized spacial score (nSPS) is 27.1. The Balaban J connectivity index is 1.97. The molecule has 0 aromatic heterocycles. The predicted molar refractivity (Wildman–Crippen MR) is 38.1 cm³/mol. The number of hydrogen-bond donors (Lipinski definition) is 0. The van der Waals surface area contributed by atoms with E-state index in [9.17, 15) is 0 Å². The average Bonchev–Trinajstić information content (AvgIpc) is 2.11. The van der Waals surface area contributed by atoms with Crippen molar-refractivity contribution in [1.82, 2.24) is 0 Å². The van der Waals surface area contributed by atoms with E-state index in [4.69, 9.17) is 0 Å². The molecule has 1 saturated carbocycles. The van der Waals surface area contributed by atoms with Crippen molar-refractivity contribution in [2.24, 2.45) is 15.9 Å². The average molecular weight is 122 g/mol. The summed E-state index contributed by atoms with van der Waals surface area (Å²) in [5.74, 6) is 0.778. The van der Waals surface area contributed by atoms with Crippen molar-refractivity contribution in [3.8, 4) is 0 Å². The molecular formula is C7H10N2. The highest BCUT2D eigenvalue weighted by molar-refractivity contribution is 6.17. The number of nitrogens with zero attached hydrogens (tertiary/aromatic N) is 2. The summed E-state index contributed by atoms with van der Waals surface area (Å²) in [6.07, 6.45) is 7.97. The third-order valence-electron chi connectivity index (χ3n) is 2.12. The van der Waals surface area contributed by atoms with Gasteiger partial charge in [0.1, 0.15) is 6.17 Å². The molecular weight excluding hydrogens is 112 g/mol. The van der Waals surface area contributed by atoms with Crippen molar-refractivity contribution in [1.29, 1.82) is 0 Å². The van der Waals surface area contributed by atoms with Crippen LogP contribution in [0.25, 0.3) is 0 Å². The molecule has 0 unspecified atom stereocenters. The van der Waals surface area contributed by atoms with Gasteiger partial charge in [-0.25, -0.2) is 0 Å². The van der Waals surface area contributed by atoms with E-state index in [0.29, 0.717) is 6.17 Å². The van der Waals surface area contributed by atoms with E-state index in [1.807, 2.05) is 12.4 Å². The zero-order valence-electron chi connectivity index (χ0n) is 5.33. The summed E-state index contributed by atoms with van der Waals surface area (Å²) in [7, 11) is 0. The molecule has 0 N–H and O–H groups in total. The summed E-state index contributed by atoms with van der Waals surface area (Å²) >= 11 is 0. The van der Waals surface area contributed by atoms with Gasteiger partial charge in [0.05, 0.1) is 0 Å². The predicted octanol–water partition coefficient (Wildman–Crippen LogP) is 1.27. The first-order valence-electron chi connectivity index (χ1n) is 3.52. The smallest absolute Gasteiger partial charge is 0.142 e. The minimum atomic E-state index is 0.304. The largest absolute Gasteiger partial charge is 0.265 e. The molecule has 0 spiro atoms. The lowest BCUT2D eigenvalue weighted by Gasteiger charge is -2.27. The topological polar surface area (TPSA) is 24.7 Å². The van der Waals surface area contributed by atoms with Crippen LogP contribution in [0.5, 0.6) is 0 Å². The van der Waals surface area contributed by atoms with Crippen molar-refractivity contribution in [2.75, 3.05) is 0 Å². The minimum absolute atomic E-state index is 0.304. The molecule has 0 atom stereocenters. The molecule has 0 aromatic carbocycles. The van der Waals surface area contributed by atoms with E-state index in [1.165, 1.54) is 19.3 Å². The van der Waals surface area contributed by atoms with Crippen molar-refractivity contribution in [2.45, 2.75) is 25.4 Å². The Bertz CT molecular complexity index is 144. The van der Waals surface area contributed by atoms with Crippen molar-refractivity contribution >= 4 is 12.4 Å². The van der Waals surface area contributed by atoms with Gasteiger partial charge in [-0.2, -0.15) is 0 Å². The van der Waals surface area contributed by atoms with E-state index in [1.54, 1.807) is 0 Å². The first-order valence-corrected chi connectivity index (χ1v) is 3.52. The third kappa shape index (κ3) is 0.784. The van der Waals surface area contributed by atoms with Crippen LogP contribution in [-0.4, -0.2) is 18.6 Å². The summed E-state index contributed by atoms with van der Waals surface area (Å²) in [6, 6.07) is 0. The highest BCUT2D eigenvalue weighted by Crippen LogP contribution is 2.32. The fourth-order valence-corrected chi connectivity index (χ4v) is 1.27. The van der Waals surface area contributed by atoms with Gasteiger partial charge in [0.15, 0.2) is 0 Å². The molecule has 1 aliphatic heterocycles. The fourth-order valence-electron chi connectivity index (χ4n) is 1.27. The van der Waals surface area contributed by atoms with Crippen LogP contribution in [-0.2, 0) is 0 Å². The summed E-state index contributed by atoms with van der Waals surface area (Å²) in [6.45, 7) is 0. The lowest BCUT2D eigenvalue weighted by atomic mass is 9.83. The standard InChI is InChI=1S/C7H10N2/c1-2-6(3-1)7-8-4-5-9-7/h4-7H,1-3H2. The zero-order chi connectivity index (χ0) is 6.10. The molecule has 1 heterocycles. The van der Waals surface area contributed by atoms with Crippen molar-refractivity contribution in [3.63, 3.8) is 0 Å². The van der Waals surface area contributed by atoms with Gasteiger partial charge < -0.3 is 0 Å².